The number of rotatable bonds is 4. The molecular weight excluding hydrogens is 244 g/mol. The second-order valence-corrected chi connectivity index (χ2v) is 4.80. The lowest BCUT2D eigenvalue weighted by molar-refractivity contribution is 0.584. The second kappa shape index (κ2) is 5.98. The number of halogens is 1. The largest absolute Gasteiger partial charge is 0.313 e. The first-order valence-electron chi connectivity index (χ1n) is 6.04. The number of benzene rings is 1. The van der Waals surface area contributed by atoms with Gasteiger partial charge in [0.2, 0.25) is 0 Å². The summed E-state index contributed by atoms with van der Waals surface area (Å²) in [7, 11) is 1.95. The molecule has 18 heavy (non-hydrogen) atoms. The van der Waals surface area contributed by atoms with Crippen LogP contribution in [0.3, 0.4) is 0 Å². The van der Waals surface area contributed by atoms with Gasteiger partial charge in [-0.2, -0.15) is 0 Å². The number of likely N-dealkylation sites (N-methyl/N-ethyl adjacent to an activating group) is 1. The van der Waals surface area contributed by atoms with Crippen molar-refractivity contribution in [2.75, 3.05) is 7.05 Å². The van der Waals surface area contributed by atoms with Gasteiger partial charge in [0, 0.05) is 29.4 Å². The van der Waals surface area contributed by atoms with E-state index in [2.05, 4.69) is 28.5 Å². The number of hydrogen-bond acceptors (Lipinski definition) is 2. The highest BCUT2D eigenvalue weighted by atomic mass is 35.5. The van der Waals surface area contributed by atoms with Crippen LogP contribution in [0.2, 0.25) is 5.02 Å². The van der Waals surface area contributed by atoms with Crippen LogP contribution in [0, 0.1) is 6.92 Å². The number of aromatic nitrogens is 1. The van der Waals surface area contributed by atoms with E-state index in [1.54, 1.807) is 0 Å². The average Bonchev–Trinajstić information content (AvgIpc) is 2.39. The fourth-order valence-corrected chi connectivity index (χ4v) is 2.22. The Morgan fingerprint density at radius 2 is 2.00 bits per heavy atom. The molecule has 0 fully saturated rings. The molecule has 0 saturated carbocycles. The summed E-state index contributed by atoms with van der Waals surface area (Å²) in [5, 5.41) is 4.09. The first-order valence-corrected chi connectivity index (χ1v) is 6.41. The Morgan fingerprint density at radius 1 is 1.22 bits per heavy atom. The van der Waals surface area contributed by atoms with E-state index in [0.29, 0.717) is 0 Å². The first-order chi connectivity index (χ1) is 8.70. The molecule has 2 nitrogen and oxygen atoms in total. The SMILES string of the molecule is CNC(Cc1ccc(C)cn1)c1ccccc1Cl. The van der Waals surface area contributed by atoms with E-state index in [1.165, 1.54) is 5.56 Å². The number of nitrogens with zero attached hydrogens (tertiary/aromatic N) is 1. The lowest BCUT2D eigenvalue weighted by Crippen LogP contribution is -2.19. The van der Waals surface area contributed by atoms with Crippen molar-refractivity contribution >= 4 is 11.6 Å². The number of pyridine rings is 1. The molecule has 0 saturated heterocycles. The maximum atomic E-state index is 6.23. The molecule has 0 spiro atoms. The van der Waals surface area contributed by atoms with Gasteiger partial charge in [0.15, 0.2) is 0 Å². The molecule has 2 rings (SSSR count). The van der Waals surface area contributed by atoms with Gasteiger partial charge in [-0.1, -0.05) is 35.9 Å². The smallest absolute Gasteiger partial charge is 0.0453 e. The van der Waals surface area contributed by atoms with Gasteiger partial charge in [0.25, 0.3) is 0 Å². The molecule has 3 heteroatoms. The molecule has 0 amide bonds. The Kier molecular flexibility index (Phi) is 4.34. The van der Waals surface area contributed by atoms with Crippen molar-refractivity contribution in [2.45, 2.75) is 19.4 Å². The lowest BCUT2D eigenvalue weighted by Gasteiger charge is -2.17. The molecular formula is C15H17ClN2. The molecule has 0 bridgehead atoms. The van der Waals surface area contributed by atoms with Gasteiger partial charge in [0.1, 0.15) is 0 Å². The summed E-state index contributed by atoms with van der Waals surface area (Å²) in [4.78, 5) is 4.44. The predicted octanol–water partition coefficient (Wildman–Crippen LogP) is 3.55. The van der Waals surface area contributed by atoms with Gasteiger partial charge in [-0.05, 0) is 37.2 Å². The Balaban J connectivity index is 2.20. The minimum Gasteiger partial charge on any atom is -0.313 e. The molecule has 1 aromatic heterocycles. The predicted molar refractivity (Wildman–Crippen MR) is 75.9 cm³/mol. The molecule has 1 N–H and O–H groups in total. The Hall–Kier alpha value is -1.38. The average molecular weight is 261 g/mol. The van der Waals surface area contributed by atoms with Crippen molar-refractivity contribution in [1.29, 1.82) is 0 Å². The third-order valence-electron chi connectivity index (χ3n) is 3.01. The van der Waals surface area contributed by atoms with Gasteiger partial charge in [-0.25, -0.2) is 0 Å². The van der Waals surface area contributed by atoms with Gasteiger partial charge in [-0.15, -0.1) is 0 Å². The minimum atomic E-state index is 0.189. The zero-order valence-electron chi connectivity index (χ0n) is 10.7. The van der Waals surface area contributed by atoms with Crippen LogP contribution in [0.25, 0.3) is 0 Å². The second-order valence-electron chi connectivity index (χ2n) is 4.39. The third-order valence-corrected chi connectivity index (χ3v) is 3.36. The zero-order chi connectivity index (χ0) is 13.0. The van der Waals surface area contributed by atoms with E-state index >= 15 is 0 Å². The summed E-state index contributed by atoms with van der Waals surface area (Å²) < 4.78 is 0. The summed E-state index contributed by atoms with van der Waals surface area (Å²) >= 11 is 6.23. The number of nitrogens with one attached hydrogen (secondary N) is 1. The van der Waals surface area contributed by atoms with Crippen LogP contribution in [0.4, 0.5) is 0 Å². The highest BCUT2D eigenvalue weighted by Crippen LogP contribution is 2.24. The Bertz CT molecular complexity index is 508. The quantitative estimate of drug-likeness (QED) is 0.910. The van der Waals surface area contributed by atoms with Gasteiger partial charge >= 0.3 is 0 Å². The fraction of sp³-hybridized carbons (Fsp3) is 0.267. The monoisotopic (exact) mass is 260 g/mol. The molecule has 0 aliphatic heterocycles. The lowest BCUT2D eigenvalue weighted by atomic mass is 10.0. The van der Waals surface area contributed by atoms with Crippen LogP contribution < -0.4 is 5.32 Å². The molecule has 1 aromatic carbocycles. The van der Waals surface area contributed by atoms with Crippen molar-refractivity contribution in [3.8, 4) is 0 Å². The molecule has 1 heterocycles. The van der Waals surface area contributed by atoms with Crippen LogP contribution in [0.1, 0.15) is 22.9 Å². The zero-order valence-corrected chi connectivity index (χ0v) is 11.4. The van der Waals surface area contributed by atoms with E-state index in [0.717, 1.165) is 22.7 Å². The summed E-state index contributed by atoms with van der Waals surface area (Å²) in [6, 6.07) is 12.3. The van der Waals surface area contributed by atoms with Crippen LogP contribution in [-0.4, -0.2) is 12.0 Å². The molecule has 1 atom stereocenters. The standard InChI is InChI=1S/C15H17ClN2/c1-11-7-8-12(18-10-11)9-15(17-2)13-5-3-4-6-14(13)16/h3-8,10,15,17H,9H2,1-2H3. The normalized spacial score (nSPS) is 12.4. The highest BCUT2D eigenvalue weighted by molar-refractivity contribution is 6.31. The number of aryl methyl sites for hydroxylation is 1. The van der Waals surface area contributed by atoms with Crippen LogP contribution in [0.5, 0.6) is 0 Å². The maximum absolute atomic E-state index is 6.23. The van der Waals surface area contributed by atoms with Gasteiger partial charge < -0.3 is 5.32 Å². The maximum Gasteiger partial charge on any atom is 0.0453 e. The highest BCUT2D eigenvalue weighted by Gasteiger charge is 2.13. The summed E-state index contributed by atoms with van der Waals surface area (Å²) in [5.41, 5.74) is 3.36. The van der Waals surface area contributed by atoms with Crippen molar-refractivity contribution < 1.29 is 0 Å². The van der Waals surface area contributed by atoms with Crippen molar-refractivity contribution in [1.82, 2.24) is 10.3 Å². The molecule has 2 aromatic rings. The Labute approximate surface area is 113 Å². The summed E-state index contributed by atoms with van der Waals surface area (Å²) in [6.07, 6.45) is 2.73. The first kappa shape index (κ1) is 13.1. The minimum absolute atomic E-state index is 0.189. The fourth-order valence-electron chi connectivity index (χ4n) is 1.95. The van der Waals surface area contributed by atoms with Gasteiger partial charge in [-0.3, -0.25) is 4.98 Å². The topological polar surface area (TPSA) is 24.9 Å². The van der Waals surface area contributed by atoms with Crippen molar-refractivity contribution in [2.24, 2.45) is 0 Å². The van der Waals surface area contributed by atoms with Crippen molar-refractivity contribution in [3.05, 3.63) is 64.4 Å². The van der Waals surface area contributed by atoms with Crippen LogP contribution >= 0.6 is 11.6 Å². The van der Waals surface area contributed by atoms with E-state index in [9.17, 15) is 0 Å². The third kappa shape index (κ3) is 3.09. The summed E-state index contributed by atoms with van der Waals surface area (Å²) in [6.45, 7) is 2.04. The molecule has 0 radical (unpaired) electrons. The van der Waals surface area contributed by atoms with Crippen LogP contribution in [0.15, 0.2) is 42.6 Å². The molecule has 94 valence electrons. The van der Waals surface area contributed by atoms with Gasteiger partial charge in [0.05, 0.1) is 0 Å². The van der Waals surface area contributed by atoms with E-state index in [1.807, 2.05) is 38.4 Å². The van der Waals surface area contributed by atoms with E-state index < -0.39 is 0 Å². The Morgan fingerprint density at radius 3 is 2.61 bits per heavy atom. The molecule has 0 aliphatic carbocycles. The summed E-state index contributed by atoms with van der Waals surface area (Å²) in [5.74, 6) is 0. The van der Waals surface area contributed by atoms with Crippen molar-refractivity contribution in [3.63, 3.8) is 0 Å². The van der Waals surface area contributed by atoms with E-state index in [-0.39, 0.29) is 6.04 Å². The molecule has 0 aliphatic rings. The van der Waals surface area contributed by atoms with Crippen LogP contribution in [-0.2, 0) is 6.42 Å². The van der Waals surface area contributed by atoms with E-state index in [4.69, 9.17) is 11.6 Å². The number of hydrogen-bond donors (Lipinski definition) is 1. The molecule has 1 unspecified atom stereocenters.